The lowest BCUT2D eigenvalue weighted by Gasteiger charge is -2.27. The lowest BCUT2D eigenvalue weighted by atomic mass is 10.00. The summed E-state index contributed by atoms with van der Waals surface area (Å²) in [6, 6.07) is 20.9. The number of amides is 4. The molecular weight excluding hydrogens is 748 g/mol. The molecule has 4 aromatic carbocycles. The van der Waals surface area contributed by atoms with Crippen molar-refractivity contribution in [3.63, 3.8) is 0 Å². The Morgan fingerprint density at radius 1 is 0.534 bits per heavy atom. The summed E-state index contributed by atoms with van der Waals surface area (Å²) in [6.45, 7) is 0. The zero-order chi connectivity index (χ0) is 41.8. The predicted octanol–water partition coefficient (Wildman–Crippen LogP) is 1.68. The Morgan fingerprint density at radius 3 is 1.52 bits per heavy atom. The van der Waals surface area contributed by atoms with Crippen molar-refractivity contribution in [3.05, 3.63) is 132 Å². The van der Waals surface area contributed by atoms with Gasteiger partial charge in [-0.05, 0) is 59.0 Å². The van der Waals surface area contributed by atoms with Crippen LogP contribution in [0.4, 0.5) is 0 Å². The van der Waals surface area contributed by atoms with Gasteiger partial charge in [-0.25, -0.2) is 4.79 Å². The summed E-state index contributed by atoms with van der Waals surface area (Å²) in [5, 5.41) is 49.4. The zero-order valence-electron chi connectivity index (χ0n) is 31.1. The number of nitrogens with two attached hydrogens (primary N) is 1. The molecule has 1 aromatic heterocycles. The highest BCUT2D eigenvalue weighted by atomic mass is 16.4. The molecule has 0 saturated carbocycles. The van der Waals surface area contributed by atoms with Gasteiger partial charge < -0.3 is 52.4 Å². The number of carbonyl (C=O) groups is 6. The van der Waals surface area contributed by atoms with Crippen molar-refractivity contribution < 1.29 is 49.2 Å². The Morgan fingerprint density at radius 2 is 0.983 bits per heavy atom. The van der Waals surface area contributed by atoms with Crippen LogP contribution in [0.5, 0.6) is 11.5 Å². The van der Waals surface area contributed by atoms with Crippen LogP contribution in [-0.2, 0) is 54.5 Å². The van der Waals surface area contributed by atoms with Gasteiger partial charge in [0.15, 0.2) is 0 Å². The number of carbonyl (C=O) groups excluding carboxylic acids is 4. The molecule has 16 heteroatoms. The van der Waals surface area contributed by atoms with E-state index in [1.807, 2.05) is 0 Å². The number of para-hydroxylation sites is 1. The van der Waals surface area contributed by atoms with E-state index in [2.05, 4.69) is 26.3 Å². The molecule has 16 nitrogen and oxygen atoms in total. The minimum absolute atomic E-state index is 0.0202. The number of phenolic OH excluding ortho intramolecular Hbond substituents is 2. The van der Waals surface area contributed by atoms with E-state index in [4.69, 9.17) is 5.73 Å². The normalized spacial score (nSPS) is 13.6. The molecule has 4 amide bonds. The molecule has 0 spiro atoms. The highest BCUT2D eigenvalue weighted by Gasteiger charge is 2.33. The van der Waals surface area contributed by atoms with E-state index in [0.29, 0.717) is 22.3 Å². The summed E-state index contributed by atoms with van der Waals surface area (Å²) in [5.41, 5.74) is 9.40. The number of aliphatic carboxylic acids is 2. The molecule has 0 unspecified atom stereocenters. The summed E-state index contributed by atoms with van der Waals surface area (Å²) in [5.74, 6) is -6.31. The molecule has 0 fully saturated rings. The number of fused-ring (bicyclic) bond motifs is 1. The van der Waals surface area contributed by atoms with Crippen molar-refractivity contribution >= 4 is 46.5 Å². The van der Waals surface area contributed by atoms with Gasteiger partial charge in [0.2, 0.25) is 23.6 Å². The van der Waals surface area contributed by atoms with Gasteiger partial charge in [-0.3, -0.25) is 24.0 Å². The first-order chi connectivity index (χ1) is 27.7. The molecule has 11 N–H and O–H groups in total. The summed E-state index contributed by atoms with van der Waals surface area (Å²) >= 11 is 0. The Balaban J connectivity index is 1.42. The fourth-order valence-corrected chi connectivity index (χ4v) is 6.31. The number of aromatic nitrogens is 1. The molecule has 302 valence electrons. The molecule has 5 aromatic rings. The average molecular weight is 793 g/mol. The number of rotatable bonds is 19. The fourth-order valence-electron chi connectivity index (χ4n) is 6.31. The lowest BCUT2D eigenvalue weighted by molar-refractivity contribution is -0.147. The molecule has 5 atom stereocenters. The van der Waals surface area contributed by atoms with Crippen LogP contribution in [0.15, 0.2) is 109 Å². The van der Waals surface area contributed by atoms with E-state index >= 15 is 0 Å². The second kappa shape index (κ2) is 19.6. The summed E-state index contributed by atoms with van der Waals surface area (Å²) in [7, 11) is 0. The van der Waals surface area contributed by atoms with E-state index in [-0.39, 0.29) is 37.2 Å². The maximum Gasteiger partial charge on any atom is 0.326 e. The summed E-state index contributed by atoms with van der Waals surface area (Å²) in [4.78, 5) is 82.1. The van der Waals surface area contributed by atoms with E-state index in [1.54, 1.807) is 85.1 Å². The first-order valence-electron chi connectivity index (χ1n) is 18.3. The van der Waals surface area contributed by atoms with E-state index in [1.165, 1.54) is 24.3 Å². The van der Waals surface area contributed by atoms with Gasteiger partial charge in [0.1, 0.15) is 35.7 Å². The lowest BCUT2D eigenvalue weighted by Crippen LogP contribution is -2.59. The highest BCUT2D eigenvalue weighted by molar-refractivity contribution is 5.96. The predicted molar refractivity (Wildman–Crippen MR) is 211 cm³/mol. The van der Waals surface area contributed by atoms with E-state index in [0.717, 1.165) is 10.9 Å². The minimum atomic E-state index is -1.81. The molecule has 1 heterocycles. The number of benzene rings is 4. The Hall–Kier alpha value is -7.20. The number of hydrogen-bond donors (Lipinski definition) is 10. The van der Waals surface area contributed by atoms with Gasteiger partial charge >= 0.3 is 11.9 Å². The third-order valence-corrected chi connectivity index (χ3v) is 9.38. The fraction of sp³-hybridized carbons (Fsp3) is 0.238. The van der Waals surface area contributed by atoms with Gasteiger partial charge in [-0.15, -0.1) is 0 Å². The molecule has 0 aliphatic heterocycles. The smallest absolute Gasteiger partial charge is 0.326 e. The SMILES string of the molecule is N[C@@H](Cc1ccc(O)cc1)C(=O)N[C@@H](Cc1ccc(O)cc1)C(=O)N[C@@H](Cc1ccccc1)C(=O)N[C@@H](Cc1c[nH]c2ccccc12)C(=O)N[C@@H](CC(=O)O)C(=O)O. The van der Waals surface area contributed by atoms with Crippen LogP contribution in [0.2, 0.25) is 0 Å². The molecule has 58 heavy (non-hydrogen) atoms. The van der Waals surface area contributed by atoms with Crippen molar-refractivity contribution in [1.82, 2.24) is 26.3 Å². The third kappa shape index (κ3) is 11.9. The van der Waals surface area contributed by atoms with E-state index in [9.17, 15) is 49.2 Å². The van der Waals surface area contributed by atoms with Crippen molar-refractivity contribution in [2.45, 2.75) is 62.3 Å². The minimum Gasteiger partial charge on any atom is -0.508 e. The Kier molecular flexibility index (Phi) is 14.2. The van der Waals surface area contributed by atoms with Crippen molar-refractivity contribution in [2.24, 2.45) is 5.73 Å². The van der Waals surface area contributed by atoms with E-state index < -0.39 is 72.2 Å². The standard InChI is InChI=1S/C42H44N6O10/c43-31(18-25-10-14-28(49)15-11-25)38(53)45-33(20-26-12-16-29(50)17-13-26)39(54)46-34(19-24-6-2-1-3-7-24)40(55)47-35(41(56)48-36(42(57)58)22-37(51)52)21-27-23-44-32-9-5-4-8-30(27)32/h1-17,23,31,33-36,44,49-50H,18-22,43H2,(H,45,53)(H,46,54)(H,47,55)(H,48,56)(H,51,52)(H,57,58)/t31-,33-,34-,35-,36-/m0/s1. The van der Waals surface area contributed by atoms with Crippen molar-refractivity contribution in [3.8, 4) is 11.5 Å². The number of phenols is 2. The molecule has 0 saturated heterocycles. The summed E-state index contributed by atoms with van der Waals surface area (Å²) in [6.07, 6.45) is 0.495. The largest absolute Gasteiger partial charge is 0.508 e. The second-order valence-corrected chi connectivity index (χ2v) is 13.8. The number of nitrogens with one attached hydrogen (secondary N) is 5. The van der Waals surface area contributed by atoms with Gasteiger partial charge in [0.25, 0.3) is 0 Å². The first-order valence-corrected chi connectivity index (χ1v) is 18.3. The molecule has 0 aliphatic carbocycles. The monoisotopic (exact) mass is 792 g/mol. The van der Waals surface area contributed by atoms with Crippen LogP contribution in [0.3, 0.4) is 0 Å². The van der Waals surface area contributed by atoms with Crippen LogP contribution in [0.25, 0.3) is 10.9 Å². The van der Waals surface area contributed by atoms with Crippen molar-refractivity contribution in [1.29, 1.82) is 0 Å². The maximum absolute atomic E-state index is 14.3. The topological polar surface area (TPSA) is 273 Å². The Labute approximate surface area is 332 Å². The number of aromatic hydroxyl groups is 2. The highest BCUT2D eigenvalue weighted by Crippen LogP contribution is 2.20. The van der Waals surface area contributed by atoms with Crippen LogP contribution in [0.1, 0.15) is 28.7 Å². The second-order valence-electron chi connectivity index (χ2n) is 13.8. The van der Waals surface area contributed by atoms with Crippen LogP contribution < -0.4 is 27.0 Å². The average Bonchev–Trinajstić information content (AvgIpc) is 3.61. The molecular formula is C42H44N6O10. The number of carboxylic acid groups (broad SMARTS) is 2. The Bertz CT molecular complexity index is 2230. The van der Waals surface area contributed by atoms with Gasteiger partial charge in [-0.1, -0.05) is 72.8 Å². The summed E-state index contributed by atoms with van der Waals surface area (Å²) < 4.78 is 0. The van der Waals surface area contributed by atoms with Crippen LogP contribution >= 0.6 is 0 Å². The van der Waals surface area contributed by atoms with Crippen LogP contribution in [-0.4, -0.2) is 91.2 Å². The number of H-pyrrole nitrogens is 1. The molecule has 0 bridgehead atoms. The maximum atomic E-state index is 14.3. The third-order valence-electron chi connectivity index (χ3n) is 9.38. The molecule has 0 radical (unpaired) electrons. The quantitative estimate of drug-likeness (QED) is 0.0575. The number of carboxylic acids is 2. The van der Waals surface area contributed by atoms with Crippen molar-refractivity contribution in [2.75, 3.05) is 0 Å². The number of aromatic amines is 1. The molecule has 0 aliphatic rings. The first kappa shape index (κ1) is 42.0. The van der Waals surface area contributed by atoms with Crippen LogP contribution in [0, 0.1) is 0 Å². The molecule has 5 rings (SSSR count). The number of hydrogen-bond acceptors (Lipinski definition) is 9. The zero-order valence-corrected chi connectivity index (χ0v) is 31.1. The van der Waals surface area contributed by atoms with Gasteiger partial charge in [-0.2, -0.15) is 0 Å². The van der Waals surface area contributed by atoms with Gasteiger partial charge in [0.05, 0.1) is 12.5 Å². The van der Waals surface area contributed by atoms with Gasteiger partial charge in [0, 0.05) is 36.4 Å².